The van der Waals surface area contributed by atoms with Crippen molar-refractivity contribution in [1.82, 2.24) is 0 Å². The van der Waals surface area contributed by atoms with Crippen molar-refractivity contribution in [2.75, 3.05) is 5.73 Å². The summed E-state index contributed by atoms with van der Waals surface area (Å²) in [6.45, 7) is 0. The maximum absolute atomic E-state index is 11.5. The minimum atomic E-state index is -0.941. The van der Waals surface area contributed by atoms with Gasteiger partial charge in [-0.25, -0.2) is 4.79 Å². The first-order valence-corrected chi connectivity index (χ1v) is 5.54. The van der Waals surface area contributed by atoms with E-state index in [9.17, 15) is 14.9 Å². The first-order valence-electron chi connectivity index (χ1n) is 5.54. The largest absolute Gasteiger partial charge is 0.519 e. The number of hydrogen-bond acceptors (Lipinski definition) is 6. The number of nitro benzene ring substituents is 1. The summed E-state index contributed by atoms with van der Waals surface area (Å²) < 4.78 is 9.77. The Morgan fingerprint density at radius 2 is 1.40 bits per heavy atom. The van der Waals surface area contributed by atoms with Crippen LogP contribution in [0.4, 0.5) is 16.2 Å². The molecule has 2 N–H and O–H groups in total. The Morgan fingerprint density at radius 1 is 0.950 bits per heavy atom. The van der Waals surface area contributed by atoms with Crippen LogP contribution in [0.2, 0.25) is 0 Å². The molecule has 0 unspecified atom stereocenters. The Kier molecular flexibility index (Phi) is 3.80. The standard InChI is InChI=1S/C13H10N2O5/c14-9-1-5-11(6-2-9)19-13(16)20-12-7-3-10(4-8-12)15(17)18/h1-8H,14H2. The van der Waals surface area contributed by atoms with Gasteiger partial charge in [0.1, 0.15) is 11.5 Å². The predicted molar refractivity (Wildman–Crippen MR) is 70.6 cm³/mol. The van der Waals surface area contributed by atoms with Crippen LogP contribution >= 0.6 is 0 Å². The van der Waals surface area contributed by atoms with Gasteiger partial charge in [0, 0.05) is 17.8 Å². The van der Waals surface area contributed by atoms with Crippen molar-refractivity contribution in [2.45, 2.75) is 0 Å². The number of anilines is 1. The first kappa shape index (κ1) is 13.3. The molecular weight excluding hydrogens is 264 g/mol. The van der Waals surface area contributed by atoms with Crippen LogP contribution in [-0.4, -0.2) is 11.1 Å². The number of nitrogens with two attached hydrogens (primary N) is 1. The molecule has 0 saturated carbocycles. The molecule has 0 fully saturated rings. The van der Waals surface area contributed by atoms with Gasteiger partial charge in [-0.2, -0.15) is 0 Å². The summed E-state index contributed by atoms with van der Waals surface area (Å²) in [6.07, 6.45) is -0.941. The lowest BCUT2D eigenvalue weighted by Crippen LogP contribution is -2.13. The third kappa shape index (κ3) is 3.45. The molecule has 0 saturated heterocycles. The van der Waals surface area contributed by atoms with E-state index in [-0.39, 0.29) is 17.2 Å². The number of carbonyl (C=O) groups is 1. The van der Waals surface area contributed by atoms with Crippen molar-refractivity contribution in [1.29, 1.82) is 0 Å². The molecule has 0 heterocycles. The van der Waals surface area contributed by atoms with Crippen LogP contribution in [-0.2, 0) is 0 Å². The smallest absolute Gasteiger partial charge is 0.399 e. The molecule has 0 aromatic heterocycles. The molecule has 0 aliphatic carbocycles. The monoisotopic (exact) mass is 274 g/mol. The zero-order chi connectivity index (χ0) is 14.5. The Morgan fingerprint density at radius 3 is 1.85 bits per heavy atom. The average Bonchev–Trinajstić information content (AvgIpc) is 2.42. The lowest BCUT2D eigenvalue weighted by atomic mass is 10.3. The molecule has 7 nitrogen and oxygen atoms in total. The Balaban J connectivity index is 1.97. The van der Waals surface area contributed by atoms with Crippen LogP contribution in [0.25, 0.3) is 0 Å². The molecular formula is C13H10N2O5. The average molecular weight is 274 g/mol. The summed E-state index contributed by atoms with van der Waals surface area (Å²) >= 11 is 0. The minimum Gasteiger partial charge on any atom is -0.399 e. The number of nitro groups is 1. The van der Waals surface area contributed by atoms with E-state index < -0.39 is 11.1 Å². The molecule has 0 aliphatic heterocycles. The molecule has 102 valence electrons. The number of nitrogen functional groups attached to an aromatic ring is 1. The number of benzene rings is 2. The van der Waals surface area contributed by atoms with Crippen LogP contribution in [0.3, 0.4) is 0 Å². The maximum atomic E-state index is 11.5. The highest BCUT2D eigenvalue weighted by atomic mass is 16.7. The van der Waals surface area contributed by atoms with E-state index in [0.29, 0.717) is 5.69 Å². The van der Waals surface area contributed by atoms with Crippen molar-refractivity contribution < 1.29 is 19.2 Å². The molecule has 7 heteroatoms. The quantitative estimate of drug-likeness (QED) is 0.303. The Labute approximate surface area is 113 Å². The number of hydrogen-bond donors (Lipinski definition) is 1. The SMILES string of the molecule is Nc1ccc(OC(=O)Oc2ccc([N+](=O)[O-])cc2)cc1. The van der Waals surface area contributed by atoms with Crippen molar-refractivity contribution >= 4 is 17.5 Å². The second-order valence-corrected chi connectivity index (χ2v) is 3.77. The van der Waals surface area contributed by atoms with Crippen LogP contribution in [0.15, 0.2) is 48.5 Å². The summed E-state index contributed by atoms with van der Waals surface area (Å²) in [5.41, 5.74) is 5.94. The van der Waals surface area contributed by atoms with Gasteiger partial charge in [-0.3, -0.25) is 10.1 Å². The second kappa shape index (κ2) is 5.70. The van der Waals surface area contributed by atoms with Gasteiger partial charge in [0.15, 0.2) is 0 Å². The molecule has 0 aliphatic rings. The fraction of sp³-hybridized carbons (Fsp3) is 0. The fourth-order valence-electron chi connectivity index (χ4n) is 1.39. The lowest BCUT2D eigenvalue weighted by molar-refractivity contribution is -0.384. The number of carbonyl (C=O) groups excluding carboxylic acids is 1. The van der Waals surface area contributed by atoms with E-state index in [4.69, 9.17) is 15.2 Å². The predicted octanol–water partition coefficient (Wildman–Crippen LogP) is 2.75. The summed E-state index contributed by atoms with van der Waals surface area (Å²) in [5.74, 6) is 0.433. The number of non-ortho nitro benzene ring substituents is 1. The van der Waals surface area contributed by atoms with Crippen LogP contribution in [0, 0.1) is 10.1 Å². The molecule has 2 rings (SSSR count). The zero-order valence-corrected chi connectivity index (χ0v) is 10.2. The third-order valence-electron chi connectivity index (χ3n) is 2.33. The van der Waals surface area contributed by atoms with Gasteiger partial charge in [-0.1, -0.05) is 0 Å². The molecule has 0 radical (unpaired) electrons. The molecule has 2 aromatic rings. The third-order valence-corrected chi connectivity index (χ3v) is 2.33. The van der Waals surface area contributed by atoms with Crippen molar-refractivity contribution in [2.24, 2.45) is 0 Å². The first-order chi connectivity index (χ1) is 9.54. The minimum absolute atomic E-state index is 0.0933. The molecule has 0 atom stereocenters. The van der Waals surface area contributed by atoms with Gasteiger partial charge in [-0.05, 0) is 36.4 Å². The summed E-state index contributed by atoms with van der Waals surface area (Å²) in [4.78, 5) is 21.4. The Hall–Kier alpha value is -3.09. The number of nitrogens with zero attached hydrogens (tertiary/aromatic N) is 1. The van der Waals surface area contributed by atoms with Gasteiger partial charge in [0.2, 0.25) is 0 Å². The lowest BCUT2D eigenvalue weighted by Gasteiger charge is -2.05. The molecule has 20 heavy (non-hydrogen) atoms. The van der Waals surface area contributed by atoms with Gasteiger partial charge >= 0.3 is 6.16 Å². The molecule has 0 bridgehead atoms. The second-order valence-electron chi connectivity index (χ2n) is 3.77. The summed E-state index contributed by atoms with van der Waals surface area (Å²) in [5, 5.41) is 10.5. The number of ether oxygens (including phenoxy) is 2. The van der Waals surface area contributed by atoms with Gasteiger partial charge < -0.3 is 15.2 Å². The molecule has 0 spiro atoms. The van der Waals surface area contributed by atoms with E-state index >= 15 is 0 Å². The molecule has 2 aromatic carbocycles. The highest BCUT2D eigenvalue weighted by molar-refractivity contribution is 5.67. The summed E-state index contributed by atoms with van der Waals surface area (Å²) in [7, 11) is 0. The van der Waals surface area contributed by atoms with E-state index in [1.807, 2.05) is 0 Å². The van der Waals surface area contributed by atoms with E-state index in [0.717, 1.165) is 0 Å². The van der Waals surface area contributed by atoms with E-state index in [1.54, 1.807) is 12.1 Å². The van der Waals surface area contributed by atoms with Crippen molar-refractivity contribution in [3.8, 4) is 11.5 Å². The van der Waals surface area contributed by atoms with Gasteiger partial charge in [0.25, 0.3) is 5.69 Å². The van der Waals surface area contributed by atoms with Gasteiger partial charge in [0.05, 0.1) is 4.92 Å². The van der Waals surface area contributed by atoms with Crippen molar-refractivity contribution in [3.63, 3.8) is 0 Å². The number of rotatable bonds is 3. The van der Waals surface area contributed by atoms with Crippen LogP contribution in [0.1, 0.15) is 0 Å². The highest BCUT2D eigenvalue weighted by Crippen LogP contribution is 2.19. The molecule has 0 amide bonds. The topological polar surface area (TPSA) is 105 Å². The maximum Gasteiger partial charge on any atom is 0.519 e. The zero-order valence-electron chi connectivity index (χ0n) is 10.2. The van der Waals surface area contributed by atoms with Gasteiger partial charge in [-0.15, -0.1) is 0 Å². The van der Waals surface area contributed by atoms with Crippen LogP contribution in [0.5, 0.6) is 11.5 Å². The van der Waals surface area contributed by atoms with E-state index in [1.165, 1.54) is 36.4 Å². The summed E-state index contributed by atoms with van der Waals surface area (Å²) in [6, 6.07) is 11.3. The van der Waals surface area contributed by atoms with Crippen LogP contribution < -0.4 is 15.2 Å². The Bertz CT molecular complexity index is 622. The van der Waals surface area contributed by atoms with Crippen molar-refractivity contribution in [3.05, 3.63) is 58.6 Å². The fourth-order valence-corrected chi connectivity index (χ4v) is 1.39. The van der Waals surface area contributed by atoms with E-state index in [2.05, 4.69) is 0 Å². The highest BCUT2D eigenvalue weighted by Gasteiger charge is 2.10. The normalized spacial score (nSPS) is 9.80.